The molecule has 0 spiro atoms. The van der Waals surface area contributed by atoms with Crippen LogP contribution in [0, 0.1) is 6.92 Å². The number of hydrogen-bond acceptors (Lipinski definition) is 13. The number of ether oxygens (including phenoxy) is 6. The molecule has 5 rings (SSSR count). The maximum Gasteiger partial charge on any atom is 0.416 e. The van der Waals surface area contributed by atoms with E-state index in [9.17, 15) is 14.5 Å². The Morgan fingerprint density at radius 2 is 1.83 bits per heavy atom. The minimum absolute atomic E-state index is 0. The smallest absolute Gasteiger partial charge is 0.416 e. The van der Waals surface area contributed by atoms with E-state index < -0.39 is 70.1 Å². The number of anilines is 1. The summed E-state index contributed by atoms with van der Waals surface area (Å²) >= 11 is 0. The maximum atomic E-state index is 13.7. The molecule has 1 saturated carbocycles. The van der Waals surface area contributed by atoms with Crippen LogP contribution in [0.1, 0.15) is 79.3 Å². The SMILES string of the molecule is CCO[PH](=O)C(CO)(COCC[Si](C)(C)C)OC[C@H]1O[C@@H](n2ncc3c(N(C(=O)OC(C)(C)C)C4CCCC4)nc(C)nc32)[C@@H]2OC(C)(C)O[C@@H]21.[Co]. The first kappa shape index (κ1) is 43.2. The fraction of sp³-hybridized carbons (Fsp3) is 0.824. The molecule has 0 aromatic carbocycles. The largest absolute Gasteiger partial charge is 0.443 e. The molecule has 1 aliphatic carbocycles. The Kier molecular flexibility index (Phi) is 14.2. The Bertz CT molecular complexity index is 1550. The zero-order chi connectivity index (χ0) is 37.4. The van der Waals surface area contributed by atoms with Crippen LogP contribution in [0.5, 0.6) is 0 Å². The van der Waals surface area contributed by atoms with Crippen molar-refractivity contribution >= 4 is 39.0 Å². The van der Waals surface area contributed by atoms with Gasteiger partial charge in [0.05, 0.1) is 38.0 Å². The van der Waals surface area contributed by atoms with Gasteiger partial charge in [-0.1, -0.05) is 32.5 Å². The quantitative estimate of drug-likeness (QED) is 0.130. The van der Waals surface area contributed by atoms with Crippen molar-refractivity contribution in [2.45, 2.75) is 147 Å². The van der Waals surface area contributed by atoms with Crippen LogP contribution in [0.25, 0.3) is 11.0 Å². The first-order valence-electron chi connectivity index (χ1n) is 18.1. The van der Waals surface area contributed by atoms with Crippen LogP contribution in [-0.4, -0.2) is 113 Å². The van der Waals surface area contributed by atoms with Crippen LogP contribution in [-0.2, 0) is 54.3 Å². The number of aromatic nitrogens is 4. The standard InChI is InChI=1S/C34H58N5O10PSi.Co/c1-11-45-50(42)34(20-40,21-43-16-17-51(8,9)10)44-19-25-26-27(48-33(6,7)47-26)30(46-25)39-29-24(18-35-39)28(36-22(2)37-29)38(23-14-12-13-15-23)31(41)49-32(3,4)5;/h18,23,25-27,30,40,50H,11-17,19-21H2,1-10H3;/t25-,26-,27-,30-,34?;/m1./s1. The van der Waals surface area contributed by atoms with Crippen LogP contribution >= 0.6 is 8.03 Å². The molecule has 1 amide bonds. The van der Waals surface area contributed by atoms with Gasteiger partial charge in [-0.2, -0.15) is 5.10 Å². The van der Waals surface area contributed by atoms with Gasteiger partial charge in [0.25, 0.3) is 0 Å². The Balaban J connectivity index is 0.00000605. The molecule has 2 aliphatic heterocycles. The van der Waals surface area contributed by atoms with Gasteiger partial charge in [-0.3, -0.25) is 9.46 Å². The molecule has 297 valence electrons. The van der Waals surface area contributed by atoms with Gasteiger partial charge in [-0.25, -0.2) is 19.4 Å². The van der Waals surface area contributed by atoms with E-state index in [0.717, 1.165) is 31.7 Å². The van der Waals surface area contributed by atoms with Gasteiger partial charge in [0.1, 0.15) is 29.7 Å². The first-order chi connectivity index (χ1) is 23.9. The third kappa shape index (κ3) is 10.0. The summed E-state index contributed by atoms with van der Waals surface area (Å²) in [7, 11) is -4.29. The Morgan fingerprint density at radius 3 is 2.44 bits per heavy atom. The zero-order valence-corrected chi connectivity index (χ0v) is 35.3. The average molecular weight is 815 g/mol. The molecule has 6 atom stereocenters. The third-order valence-electron chi connectivity index (χ3n) is 9.18. The zero-order valence-electron chi connectivity index (χ0n) is 32.2. The molecule has 1 N–H and O–H groups in total. The van der Waals surface area contributed by atoms with Gasteiger partial charge >= 0.3 is 6.09 Å². The Labute approximate surface area is 319 Å². The fourth-order valence-electron chi connectivity index (χ4n) is 6.69. The average Bonchev–Trinajstić information content (AvgIpc) is 3.81. The van der Waals surface area contributed by atoms with Gasteiger partial charge in [0.15, 0.2) is 28.8 Å². The van der Waals surface area contributed by atoms with Crippen molar-refractivity contribution in [2.24, 2.45) is 0 Å². The molecule has 1 radical (unpaired) electrons. The molecule has 0 bridgehead atoms. The van der Waals surface area contributed by atoms with E-state index >= 15 is 0 Å². The minimum Gasteiger partial charge on any atom is -0.443 e. The molecule has 52 heavy (non-hydrogen) atoms. The van der Waals surface area contributed by atoms with Gasteiger partial charge in [0.2, 0.25) is 8.03 Å². The summed E-state index contributed by atoms with van der Waals surface area (Å²) in [6.45, 7) is 19.3. The van der Waals surface area contributed by atoms with Crippen LogP contribution in [0.4, 0.5) is 10.6 Å². The first-order valence-corrected chi connectivity index (χ1v) is 23.1. The predicted molar refractivity (Wildman–Crippen MR) is 194 cm³/mol. The number of amides is 1. The monoisotopic (exact) mass is 814 g/mol. The van der Waals surface area contributed by atoms with E-state index in [0.29, 0.717) is 29.3 Å². The van der Waals surface area contributed by atoms with E-state index in [1.54, 1.807) is 29.6 Å². The number of aliphatic hydroxyl groups excluding tert-OH is 1. The van der Waals surface area contributed by atoms with Crippen LogP contribution < -0.4 is 4.90 Å². The van der Waals surface area contributed by atoms with Gasteiger partial charge in [-0.15, -0.1) is 0 Å². The van der Waals surface area contributed by atoms with Crippen molar-refractivity contribution in [1.29, 1.82) is 0 Å². The molecule has 2 aromatic rings. The molecule has 2 saturated heterocycles. The van der Waals surface area contributed by atoms with Gasteiger partial charge in [0, 0.05) is 37.5 Å². The molecule has 15 nitrogen and oxygen atoms in total. The van der Waals surface area contributed by atoms with E-state index in [1.807, 2.05) is 34.6 Å². The Hall–Kier alpha value is -1.51. The van der Waals surface area contributed by atoms with Crippen molar-refractivity contribution in [2.75, 3.05) is 37.9 Å². The number of aliphatic hydroxyl groups is 1. The molecule has 18 heteroatoms. The number of fused-ring (bicyclic) bond motifs is 2. The summed E-state index contributed by atoms with van der Waals surface area (Å²) in [6.07, 6.45) is 2.15. The van der Waals surface area contributed by atoms with E-state index in [1.165, 1.54) is 0 Å². The molecule has 3 fully saturated rings. The second-order valence-corrected chi connectivity index (χ2v) is 23.8. The van der Waals surface area contributed by atoms with Crippen LogP contribution in [0.15, 0.2) is 6.20 Å². The van der Waals surface area contributed by atoms with Crippen molar-refractivity contribution in [3.8, 4) is 0 Å². The number of aryl methyl sites for hydroxylation is 1. The number of carbonyl (C=O) groups is 1. The molecular formula is C34H58CoN5O10PSi. The van der Waals surface area contributed by atoms with E-state index in [-0.39, 0.29) is 42.6 Å². The van der Waals surface area contributed by atoms with E-state index in [4.69, 9.17) is 48.0 Å². The van der Waals surface area contributed by atoms with Crippen molar-refractivity contribution in [3.05, 3.63) is 12.0 Å². The normalized spacial score (nSPS) is 25.1. The van der Waals surface area contributed by atoms with Crippen LogP contribution in [0.2, 0.25) is 25.7 Å². The fourth-order valence-corrected chi connectivity index (χ4v) is 8.53. The molecule has 2 unspecified atom stereocenters. The summed E-state index contributed by atoms with van der Waals surface area (Å²) in [6, 6.07) is 0.831. The molecule has 3 aliphatic rings. The third-order valence-corrected chi connectivity index (χ3v) is 12.6. The number of carbonyl (C=O) groups excluding carboxylic acids is 1. The van der Waals surface area contributed by atoms with Crippen LogP contribution in [0.3, 0.4) is 0 Å². The minimum atomic E-state index is -2.91. The summed E-state index contributed by atoms with van der Waals surface area (Å²) in [5.74, 6) is -0.0597. The molecule has 4 heterocycles. The van der Waals surface area contributed by atoms with Crippen molar-refractivity contribution in [1.82, 2.24) is 19.7 Å². The Morgan fingerprint density at radius 1 is 1.15 bits per heavy atom. The predicted octanol–water partition coefficient (Wildman–Crippen LogP) is 5.81. The molecule has 2 aromatic heterocycles. The van der Waals surface area contributed by atoms with Gasteiger partial charge in [-0.05, 0) is 67.4 Å². The summed E-state index contributed by atoms with van der Waals surface area (Å²) in [5, 5.41) is 14.3. The summed E-state index contributed by atoms with van der Waals surface area (Å²) in [5.41, 5.74) is -0.232. The van der Waals surface area contributed by atoms with Crippen molar-refractivity contribution < 1.29 is 64.2 Å². The van der Waals surface area contributed by atoms with Crippen molar-refractivity contribution in [3.63, 3.8) is 0 Å². The summed E-state index contributed by atoms with van der Waals surface area (Å²) in [4.78, 5) is 24.9. The molecular weight excluding hydrogens is 756 g/mol. The number of rotatable bonds is 15. The van der Waals surface area contributed by atoms with Gasteiger partial charge < -0.3 is 38.1 Å². The topological polar surface area (TPSA) is 166 Å². The number of nitrogens with zero attached hydrogens (tertiary/aromatic N) is 5. The second kappa shape index (κ2) is 17.1. The maximum absolute atomic E-state index is 13.7. The number of hydrogen-bond donors (Lipinski definition) is 1. The summed E-state index contributed by atoms with van der Waals surface area (Å²) < 4.78 is 58.0. The second-order valence-electron chi connectivity index (χ2n) is 16.4. The van der Waals surface area contributed by atoms with E-state index in [2.05, 4.69) is 19.6 Å².